The zero-order valence-corrected chi connectivity index (χ0v) is 8.50. The van der Waals surface area contributed by atoms with E-state index in [0.29, 0.717) is 0 Å². The van der Waals surface area contributed by atoms with Gasteiger partial charge in [0.15, 0.2) is 0 Å². The number of rotatable bonds is 7. The van der Waals surface area contributed by atoms with E-state index in [1.165, 1.54) is 0 Å². The maximum Gasteiger partial charge on any atom is 0.0348 e. The highest BCUT2D eigenvalue weighted by Crippen LogP contribution is 2.03. The summed E-state index contributed by atoms with van der Waals surface area (Å²) in [5.74, 6) is 0. The highest BCUT2D eigenvalue weighted by atomic mass is 15.1. The molecular weight excluding hydrogens is 160 g/mol. The Kier molecular flexibility index (Phi) is 7.02. The van der Waals surface area contributed by atoms with Crippen LogP contribution in [0.3, 0.4) is 0 Å². The van der Waals surface area contributed by atoms with Gasteiger partial charge in [-0.3, -0.25) is 0 Å². The van der Waals surface area contributed by atoms with Crippen molar-refractivity contribution in [2.75, 3.05) is 20.1 Å². The van der Waals surface area contributed by atoms with Gasteiger partial charge in [0.05, 0.1) is 0 Å². The molecule has 13 heavy (non-hydrogen) atoms. The molecule has 0 atom stereocenters. The van der Waals surface area contributed by atoms with Gasteiger partial charge in [-0.1, -0.05) is 18.2 Å². The van der Waals surface area contributed by atoms with Crippen molar-refractivity contribution in [2.45, 2.75) is 12.8 Å². The molecule has 2 N–H and O–H groups in total. The molecule has 2 heteroatoms. The van der Waals surface area contributed by atoms with E-state index in [-0.39, 0.29) is 0 Å². The molecule has 0 amide bonds. The van der Waals surface area contributed by atoms with Crippen molar-refractivity contribution in [2.24, 2.45) is 5.73 Å². The lowest BCUT2D eigenvalue weighted by Crippen LogP contribution is -2.09. The van der Waals surface area contributed by atoms with Gasteiger partial charge in [0.1, 0.15) is 0 Å². The van der Waals surface area contributed by atoms with Crippen molar-refractivity contribution in [3.05, 3.63) is 37.1 Å². The molecule has 0 aliphatic carbocycles. The van der Waals surface area contributed by atoms with Gasteiger partial charge in [-0.2, -0.15) is 0 Å². The number of hydrogen-bond acceptors (Lipinski definition) is 2. The van der Waals surface area contributed by atoms with E-state index in [4.69, 9.17) is 5.73 Å². The average Bonchev–Trinajstić information content (AvgIpc) is 2.12. The van der Waals surface area contributed by atoms with Crippen LogP contribution in [0.5, 0.6) is 0 Å². The fourth-order valence-electron chi connectivity index (χ4n) is 0.910. The SMILES string of the molecule is C=CCN(C)C=CC(=C)CCCN. The summed E-state index contributed by atoms with van der Waals surface area (Å²) in [5.41, 5.74) is 6.52. The van der Waals surface area contributed by atoms with E-state index in [0.717, 1.165) is 31.5 Å². The van der Waals surface area contributed by atoms with Crippen LogP contribution in [-0.4, -0.2) is 25.0 Å². The Morgan fingerprint density at radius 3 is 2.77 bits per heavy atom. The minimum Gasteiger partial charge on any atom is -0.377 e. The van der Waals surface area contributed by atoms with Gasteiger partial charge < -0.3 is 10.6 Å². The summed E-state index contributed by atoms with van der Waals surface area (Å²) in [6.07, 6.45) is 7.90. The molecule has 0 aliphatic heterocycles. The van der Waals surface area contributed by atoms with Crippen LogP contribution < -0.4 is 5.73 Å². The molecular formula is C11H20N2. The van der Waals surface area contributed by atoms with Crippen molar-refractivity contribution >= 4 is 0 Å². The van der Waals surface area contributed by atoms with Crippen molar-refractivity contribution in [1.82, 2.24) is 4.90 Å². The van der Waals surface area contributed by atoms with E-state index in [9.17, 15) is 0 Å². The Morgan fingerprint density at radius 2 is 2.23 bits per heavy atom. The third-order valence-corrected chi connectivity index (χ3v) is 1.68. The average molecular weight is 180 g/mol. The zero-order valence-electron chi connectivity index (χ0n) is 8.50. The molecule has 74 valence electrons. The maximum absolute atomic E-state index is 5.39. The lowest BCUT2D eigenvalue weighted by molar-refractivity contribution is 0.509. The van der Waals surface area contributed by atoms with Gasteiger partial charge in [0.2, 0.25) is 0 Å². The van der Waals surface area contributed by atoms with Crippen molar-refractivity contribution in [3.63, 3.8) is 0 Å². The molecule has 0 saturated carbocycles. The highest BCUT2D eigenvalue weighted by Gasteiger charge is 1.89. The van der Waals surface area contributed by atoms with Gasteiger partial charge in [-0.05, 0) is 31.7 Å². The lowest BCUT2D eigenvalue weighted by atomic mass is 10.1. The van der Waals surface area contributed by atoms with Crippen molar-refractivity contribution < 1.29 is 0 Å². The van der Waals surface area contributed by atoms with Gasteiger partial charge in [0, 0.05) is 13.6 Å². The summed E-state index contributed by atoms with van der Waals surface area (Å²) in [6.45, 7) is 9.19. The van der Waals surface area contributed by atoms with Crippen LogP contribution in [0.1, 0.15) is 12.8 Å². The third kappa shape index (κ3) is 7.34. The number of hydrogen-bond donors (Lipinski definition) is 1. The van der Waals surface area contributed by atoms with E-state index in [2.05, 4.69) is 18.1 Å². The molecule has 0 spiro atoms. The van der Waals surface area contributed by atoms with Crippen LogP contribution in [0.15, 0.2) is 37.1 Å². The quantitative estimate of drug-likeness (QED) is 0.479. The molecule has 0 aromatic carbocycles. The highest BCUT2D eigenvalue weighted by molar-refractivity contribution is 5.13. The first-order chi connectivity index (χ1) is 6.20. The summed E-state index contributed by atoms with van der Waals surface area (Å²) < 4.78 is 0. The number of likely N-dealkylation sites (N-methyl/N-ethyl adjacent to an activating group) is 1. The van der Waals surface area contributed by atoms with Crippen LogP contribution in [0.2, 0.25) is 0 Å². The third-order valence-electron chi connectivity index (χ3n) is 1.68. The van der Waals surface area contributed by atoms with Gasteiger partial charge in [0.25, 0.3) is 0 Å². The second kappa shape index (κ2) is 7.62. The fourth-order valence-corrected chi connectivity index (χ4v) is 0.910. The zero-order chi connectivity index (χ0) is 10.1. The van der Waals surface area contributed by atoms with Crippen molar-refractivity contribution in [3.8, 4) is 0 Å². The predicted molar refractivity (Wildman–Crippen MR) is 59.4 cm³/mol. The first kappa shape index (κ1) is 12.0. The predicted octanol–water partition coefficient (Wildman–Crippen LogP) is 1.91. The molecule has 0 unspecified atom stereocenters. The molecule has 0 aromatic heterocycles. The molecule has 0 rings (SSSR count). The van der Waals surface area contributed by atoms with Gasteiger partial charge >= 0.3 is 0 Å². The van der Waals surface area contributed by atoms with E-state index >= 15 is 0 Å². The monoisotopic (exact) mass is 180 g/mol. The van der Waals surface area contributed by atoms with Crippen LogP contribution in [-0.2, 0) is 0 Å². The smallest absolute Gasteiger partial charge is 0.0348 e. The lowest BCUT2D eigenvalue weighted by Gasteiger charge is -2.10. The molecule has 0 radical (unpaired) electrons. The van der Waals surface area contributed by atoms with Crippen LogP contribution in [0.4, 0.5) is 0 Å². The van der Waals surface area contributed by atoms with Crippen molar-refractivity contribution in [1.29, 1.82) is 0 Å². The Bertz CT molecular complexity index is 183. The Morgan fingerprint density at radius 1 is 1.54 bits per heavy atom. The molecule has 0 bridgehead atoms. The first-order valence-electron chi connectivity index (χ1n) is 4.58. The topological polar surface area (TPSA) is 29.3 Å². The molecule has 0 saturated heterocycles. The van der Waals surface area contributed by atoms with Gasteiger partial charge in [-0.25, -0.2) is 0 Å². The van der Waals surface area contributed by atoms with Crippen LogP contribution >= 0.6 is 0 Å². The number of nitrogens with two attached hydrogens (primary N) is 1. The fraction of sp³-hybridized carbons (Fsp3) is 0.455. The van der Waals surface area contributed by atoms with E-state index < -0.39 is 0 Å². The minimum absolute atomic E-state index is 0.732. The molecule has 0 aliphatic rings. The Balaban J connectivity index is 3.68. The summed E-state index contributed by atoms with van der Waals surface area (Å²) in [7, 11) is 2.01. The normalized spacial score (nSPS) is 10.3. The van der Waals surface area contributed by atoms with Gasteiger partial charge in [-0.15, -0.1) is 6.58 Å². The molecule has 0 heterocycles. The Hall–Kier alpha value is -1.02. The summed E-state index contributed by atoms with van der Waals surface area (Å²) in [5, 5.41) is 0. The largest absolute Gasteiger partial charge is 0.377 e. The minimum atomic E-state index is 0.732. The first-order valence-corrected chi connectivity index (χ1v) is 4.58. The number of nitrogens with zero attached hydrogens (tertiary/aromatic N) is 1. The van der Waals surface area contributed by atoms with E-state index in [1.807, 2.05) is 25.4 Å². The molecule has 0 fully saturated rings. The standard InChI is InChI=1S/C11H20N2/c1-4-9-13(3)10-7-11(2)6-5-8-12/h4,7,10H,1-2,5-6,8-9,12H2,3H3. The van der Waals surface area contributed by atoms with Crippen LogP contribution in [0, 0.1) is 0 Å². The van der Waals surface area contributed by atoms with Crippen LogP contribution in [0.25, 0.3) is 0 Å². The summed E-state index contributed by atoms with van der Waals surface area (Å²) in [6, 6.07) is 0. The van der Waals surface area contributed by atoms with E-state index in [1.54, 1.807) is 0 Å². The summed E-state index contributed by atoms with van der Waals surface area (Å²) in [4.78, 5) is 2.06. The molecule has 0 aromatic rings. The second-order valence-electron chi connectivity index (χ2n) is 3.09. The summed E-state index contributed by atoms with van der Waals surface area (Å²) >= 11 is 0. The maximum atomic E-state index is 5.39. The number of allylic oxidation sites excluding steroid dienone is 2. The second-order valence-corrected chi connectivity index (χ2v) is 3.09. The molecule has 2 nitrogen and oxygen atoms in total. The Labute approximate surface area is 81.4 Å².